The number of hydrogen-bond donors (Lipinski definition) is 0. The number of aliphatic imine (C=N–C) groups is 1. The van der Waals surface area contributed by atoms with Crippen LogP contribution < -0.4 is 0 Å². The molecule has 1 aliphatic carbocycles. The molecule has 174 valence electrons. The number of halogens is 3. The van der Waals surface area contributed by atoms with Gasteiger partial charge in [0.1, 0.15) is 0 Å². The van der Waals surface area contributed by atoms with Crippen molar-refractivity contribution in [3.05, 3.63) is 127 Å². The first-order chi connectivity index (χ1) is 17.1. The predicted octanol–water partition coefficient (Wildman–Crippen LogP) is 9.63. The molecule has 2 aliphatic heterocycles. The summed E-state index contributed by atoms with van der Waals surface area (Å²) in [5.74, 6) is 0. The van der Waals surface area contributed by atoms with E-state index in [4.69, 9.17) is 39.8 Å². The van der Waals surface area contributed by atoms with Crippen molar-refractivity contribution in [2.45, 2.75) is 25.3 Å². The Labute approximate surface area is 224 Å². The Kier molecular flexibility index (Phi) is 6.28. The minimum Gasteiger partial charge on any atom is -0.308 e. The van der Waals surface area contributed by atoms with Crippen molar-refractivity contribution in [1.82, 2.24) is 4.90 Å². The largest absolute Gasteiger partial charge is 0.308 e. The molecular weight excluding hydrogens is 515 g/mol. The van der Waals surface area contributed by atoms with Crippen LogP contribution in [0, 0.1) is 0 Å². The summed E-state index contributed by atoms with van der Waals surface area (Å²) in [4.78, 5) is 7.61. The summed E-state index contributed by atoms with van der Waals surface area (Å²) in [5.41, 5.74) is 8.38. The summed E-state index contributed by atoms with van der Waals surface area (Å²) in [7, 11) is 0. The Bertz CT molecular complexity index is 1400. The van der Waals surface area contributed by atoms with Crippen molar-refractivity contribution < 1.29 is 0 Å². The molecule has 2 nitrogen and oxygen atoms in total. The summed E-state index contributed by atoms with van der Waals surface area (Å²) in [6.07, 6.45) is 5.37. The monoisotopic (exact) mass is 534 g/mol. The molecule has 0 unspecified atom stereocenters. The van der Waals surface area contributed by atoms with Gasteiger partial charge in [0.15, 0.2) is 5.17 Å². The first-order valence-corrected chi connectivity index (χ1v) is 13.5. The fraction of sp³-hybridized carbons (Fsp3) is 0.138. The third-order valence-electron chi connectivity index (χ3n) is 6.57. The van der Waals surface area contributed by atoms with Gasteiger partial charge >= 0.3 is 0 Å². The van der Waals surface area contributed by atoms with Crippen LogP contribution in [0.4, 0.5) is 0 Å². The highest BCUT2D eigenvalue weighted by Crippen LogP contribution is 2.51. The number of nitrogens with zero attached hydrogens (tertiary/aromatic N) is 2. The summed E-state index contributed by atoms with van der Waals surface area (Å²) < 4.78 is 0. The quantitative estimate of drug-likeness (QED) is 0.332. The first-order valence-electron chi connectivity index (χ1n) is 11.5. The van der Waals surface area contributed by atoms with Gasteiger partial charge in [-0.05, 0) is 89.6 Å². The van der Waals surface area contributed by atoms with Gasteiger partial charge in [-0.1, -0.05) is 83.0 Å². The van der Waals surface area contributed by atoms with E-state index in [0.717, 1.165) is 62.0 Å². The standard InChI is InChI=1S/C29H21Cl3N2S/c30-22-10-4-18(5-11-22)16-21-2-1-3-25-27(21)33-29-34(28(25)20-8-14-24(32)15-9-20)26(17-35-29)19-6-12-23(31)13-7-19/h4-17,28H,1-3H2/b21-16+/t28-/m0/s1. The van der Waals surface area contributed by atoms with Gasteiger partial charge in [-0.25, -0.2) is 4.99 Å². The van der Waals surface area contributed by atoms with Crippen molar-refractivity contribution in [1.29, 1.82) is 0 Å². The van der Waals surface area contributed by atoms with Gasteiger partial charge in [0.25, 0.3) is 0 Å². The lowest BCUT2D eigenvalue weighted by atomic mass is 9.83. The lowest BCUT2D eigenvalue weighted by Crippen LogP contribution is -2.34. The predicted molar refractivity (Wildman–Crippen MR) is 151 cm³/mol. The van der Waals surface area contributed by atoms with Crippen LogP contribution in [0.3, 0.4) is 0 Å². The molecule has 0 bridgehead atoms. The smallest absolute Gasteiger partial charge is 0.174 e. The number of hydrogen-bond acceptors (Lipinski definition) is 3. The molecule has 35 heavy (non-hydrogen) atoms. The molecule has 3 aromatic carbocycles. The molecule has 0 N–H and O–H groups in total. The maximum atomic E-state index is 6.27. The van der Waals surface area contributed by atoms with Crippen LogP contribution in [0.1, 0.15) is 42.0 Å². The van der Waals surface area contributed by atoms with Gasteiger partial charge in [0.2, 0.25) is 0 Å². The third-order valence-corrected chi connectivity index (χ3v) is 8.17. The molecule has 0 radical (unpaired) electrons. The number of thioether (sulfide) groups is 1. The second-order valence-corrected chi connectivity index (χ2v) is 10.9. The zero-order valence-electron chi connectivity index (χ0n) is 18.7. The maximum Gasteiger partial charge on any atom is 0.174 e. The molecular formula is C29H21Cl3N2S. The molecule has 0 fully saturated rings. The van der Waals surface area contributed by atoms with Gasteiger partial charge < -0.3 is 4.90 Å². The van der Waals surface area contributed by atoms with E-state index in [2.05, 4.69) is 52.8 Å². The van der Waals surface area contributed by atoms with Crippen LogP contribution >= 0.6 is 46.6 Å². The average Bonchev–Trinajstić information content (AvgIpc) is 3.29. The second-order valence-electron chi connectivity index (χ2n) is 8.79. The second kappa shape index (κ2) is 9.55. The molecule has 0 amide bonds. The summed E-state index contributed by atoms with van der Waals surface area (Å²) in [5, 5.41) is 5.42. The molecule has 0 aromatic heterocycles. The molecule has 1 atom stereocenters. The van der Waals surface area contributed by atoms with Gasteiger partial charge in [-0.2, -0.15) is 0 Å². The van der Waals surface area contributed by atoms with Crippen molar-refractivity contribution in [3.8, 4) is 0 Å². The topological polar surface area (TPSA) is 15.6 Å². The SMILES string of the molecule is Clc1ccc(/C=C2\CCCC3=C2N=C2SC=C(c4ccc(Cl)cc4)N2[C@H]3c2ccc(Cl)cc2)cc1. The average molecular weight is 536 g/mol. The van der Waals surface area contributed by atoms with Crippen LogP contribution in [0.5, 0.6) is 0 Å². The Balaban J connectivity index is 1.48. The number of fused-ring (bicyclic) bond motifs is 1. The molecule has 0 saturated carbocycles. The highest BCUT2D eigenvalue weighted by molar-refractivity contribution is 8.16. The lowest BCUT2D eigenvalue weighted by Gasteiger charge is -2.40. The van der Waals surface area contributed by atoms with Gasteiger partial charge in [0, 0.05) is 20.5 Å². The normalized spacial score (nSPS) is 20.5. The van der Waals surface area contributed by atoms with Crippen LogP contribution in [-0.4, -0.2) is 10.1 Å². The summed E-state index contributed by atoms with van der Waals surface area (Å²) >= 11 is 20.2. The van der Waals surface area contributed by atoms with Crippen LogP contribution in [0.25, 0.3) is 11.8 Å². The number of benzene rings is 3. The van der Waals surface area contributed by atoms with E-state index in [1.54, 1.807) is 11.8 Å². The van der Waals surface area contributed by atoms with Crippen molar-refractivity contribution in [2.75, 3.05) is 0 Å². The Morgan fingerprint density at radius 2 is 1.43 bits per heavy atom. The zero-order valence-corrected chi connectivity index (χ0v) is 21.8. The fourth-order valence-electron chi connectivity index (χ4n) is 4.95. The highest BCUT2D eigenvalue weighted by Gasteiger charge is 2.40. The molecule has 3 aromatic rings. The number of allylic oxidation sites excluding steroid dienone is 1. The van der Waals surface area contributed by atoms with Crippen molar-refractivity contribution in [3.63, 3.8) is 0 Å². The lowest BCUT2D eigenvalue weighted by molar-refractivity contribution is 0.458. The van der Waals surface area contributed by atoms with Crippen LogP contribution in [-0.2, 0) is 0 Å². The van der Waals surface area contributed by atoms with Crippen molar-refractivity contribution in [2.24, 2.45) is 4.99 Å². The van der Waals surface area contributed by atoms with E-state index in [1.807, 2.05) is 36.4 Å². The van der Waals surface area contributed by atoms with Gasteiger partial charge in [-0.3, -0.25) is 0 Å². The van der Waals surface area contributed by atoms with Gasteiger partial charge in [-0.15, -0.1) is 0 Å². The molecule has 6 rings (SSSR count). The molecule has 0 saturated heterocycles. The van der Waals surface area contributed by atoms with Crippen LogP contribution in [0.2, 0.25) is 15.1 Å². The Hall–Kier alpha value is -2.43. The fourth-order valence-corrected chi connectivity index (χ4v) is 6.26. The molecule has 6 heteroatoms. The molecule has 0 spiro atoms. The van der Waals surface area contributed by atoms with Gasteiger partial charge in [0.05, 0.1) is 17.4 Å². The van der Waals surface area contributed by atoms with Crippen molar-refractivity contribution >= 4 is 63.5 Å². The van der Waals surface area contributed by atoms with E-state index < -0.39 is 0 Å². The summed E-state index contributed by atoms with van der Waals surface area (Å²) in [6.45, 7) is 0. The van der Waals surface area contributed by atoms with E-state index >= 15 is 0 Å². The Morgan fingerprint density at radius 1 is 0.800 bits per heavy atom. The number of amidine groups is 1. The Morgan fingerprint density at radius 3 is 2.11 bits per heavy atom. The molecule has 2 heterocycles. The zero-order chi connectivity index (χ0) is 23.9. The van der Waals surface area contributed by atoms with E-state index in [0.29, 0.717) is 0 Å². The maximum absolute atomic E-state index is 6.27. The van der Waals surface area contributed by atoms with E-state index in [9.17, 15) is 0 Å². The minimum absolute atomic E-state index is 0.0561. The number of rotatable bonds is 3. The van der Waals surface area contributed by atoms with Crippen LogP contribution in [0.15, 0.2) is 100 Å². The third kappa shape index (κ3) is 4.47. The van der Waals surface area contributed by atoms with E-state index in [1.165, 1.54) is 16.7 Å². The minimum atomic E-state index is 0.0561. The summed E-state index contributed by atoms with van der Waals surface area (Å²) in [6, 6.07) is 24.3. The highest BCUT2D eigenvalue weighted by atomic mass is 35.5. The first kappa shape index (κ1) is 23.0. The van der Waals surface area contributed by atoms with E-state index in [-0.39, 0.29) is 6.04 Å². The molecule has 3 aliphatic rings.